The Morgan fingerprint density at radius 3 is 2.60 bits per heavy atom. The van der Waals surface area contributed by atoms with Gasteiger partial charge in [-0.05, 0) is 57.8 Å². The van der Waals surface area contributed by atoms with Crippen LogP contribution in [0.1, 0.15) is 44.1 Å². The second-order valence-corrected chi connectivity index (χ2v) is 6.69. The Labute approximate surface area is 152 Å². The molecule has 5 heteroatoms. The summed E-state index contributed by atoms with van der Waals surface area (Å²) in [4.78, 5) is 7.22. The molecule has 1 aliphatic rings. The fourth-order valence-electron chi connectivity index (χ4n) is 3.21. The van der Waals surface area contributed by atoms with Crippen molar-refractivity contribution in [2.24, 2.45) is 4.99 Å². The first-order valence-electron chi connectivity index (χ1n) is 9.73. The van der Waals surface area contributed by atoms with E-state index < -0.39 is 0 Å². The molecule has 0 spiro atoms. The lowest BCUT2D eigenvalue weighted by molar-refractivity contribution is 0.268. The highest BCUT2D eigenvalue weighted by Gasteiger charge is 2.11. The first-order chi connectivity index (χ1) is 12.3. The maximum Gasteiger partial charge on any atom is 0.191 e. The van der Waals surface area contributed by atoms with E-state index in [0.717, 1.165) is 31.0 Å². The third-order valence-corrected chi connectivity index (χ3v) is 4.70. The van der Waals surface area contributed by atoms with Gasteiger partial charge < -0.3 is 20.6 Å². The van der Waals surface area contributed by atoms with Gasteiger partial charge in [0.2, 0.25) is 0 Å². The van der Waals surface area contributed by atoms with Gasteiger partial charge in [-0.25, -0.2) is 0 Å². The van der Waals surface area contributed by atoms with Crippen molar-refractivity contribution >= 4 is 5.96 Å². The molecule has 0 amide bonds. The normalized spacial score (nSPS) is 16.8. The standard InChI is InChI=1S/C20H34N4O/c1-2-21-20(22-12-6-7-13-24-14-8-9-15-24)23-16-19(17-25)18-10-4-3-5-11-18/h3-5,10-11,19,25H,2,6-9,12-17H2,1H3,(H2,21,22,23). The largest absolute Gasteiger partial charge is 0.396 e. The first kappa shape index (κ1) is 19.7. The molecule has 1 unspecified atom stereocenters. The number of aliphatic imine (C=N–C) groups is 1. The molecule has 0 aliphatic carbocycles. The van der Waals surface area contributed by atoms with E-state index in [2.05, 4.69) is 39.6 Å². The SMILES string of the molecule is CCNC(=NCC(CO)c1ccccc1)NCCCCN1CCCC1. The van der Waals surface area contributed by atoms with Crippen molar-refractivity contribution in [2.75, 3.05) is 45.9 Å². The summed E-state index contributed by atoms with van der Waals surface area (Å²) in [5.41, 5.74) is 1.13. The fourth-order valence-corrected chi connectivity index (χ4v) is 3.21. The minimum atomic E-state index is 0.0480. The number of guanidine groups is 1. The average Bonchev–Trinajstić information content (AvgIpc) is 3.16. The molecule has 1 saturated heterocycles. The Morgan fingerprint density at radius 1 is 1.16 bits per heavy atom. The number of hydrogen-bond acceptors (Lipinski definition) is 3. The highest BCUT2D eigenvalue weighted by atomic mass is 16.3. The van der Waals surface area contributed by atoms with Crippen LogP contribution in [0.5, 0.6) is 0 Å². The summed E-state index contributed by atoms with van der Waals surface area (Å²) in [6.07, 6.45) is 5.12. The number of unbranched alkanes of at least 4 members (excludes halogenated alkanes) is 1. The van der Waals surface area contributed by atoms with Gasteiger partial charge in [-0.3, -0.25) is 4.99 Å². The van der Waals surface area contributed by atoms with Crippen LogP contribution in [0.3, 0.4) is 0 Å². The van der Waals surface area contributed by atoms with Crippen LogP contribution in [-0.4, -0.2) is 61.8 Å². The smallest absolute Gasteiger partial charge is 0.191 e. The number of aliphatic hydroxyl groups excluding tert-OH is 1. The third-order valence-electron chi connectivity index (χ3n) is 4.70. The molecule has 1 atom stereocenters. The Morgan fingerprint density at radius 2 is 1.92 bits per heavy atom. The quantitative estimate of drug-likeness (QED) is 0.345. The van der Waals surface area contributed by atoms with Gasteiger partial charge in [-0.2, -0.15) is 0 Å². The maximum atomic E-state index is 9.66. The molecule has 2 rings (SSSR count). The Bertz CT molecular complexity index is 486. The molecule has 5 nitrogen and oxygen atoms in total. The van der Waals surface area contributed by atoms with Crippen LogP contribution in [0.15, 0.2) is 35.3 Å². The molecule has 1 aromatic carbocycles. The zero-order valence-electron chi connectivity index (χ0n) is 15.6. The lowest BCUT2D eigenvalue weighted by atomic mass is 10.0. The number of aliphatic hydroxyl groups is 1. The molecule has 0 aromatic heterocycles. The number of nitrogens with one attached hydrogen (secondary N) is 2. The number of nitrogens with zero attached hydrogens (tertiary/aromatic N) is 2. The van der Waals surface area contributed by atoms with Crippen molar-refractivity contribution in [3.63, 3.8) is 0 Å². The molecule has 0 bridgehead atoms. The number of likely N-dealkylation sites (tertiary alicyclic amines) is 1. The molecule has 1 aliphatic heterocycles. The van der Waals surface area contributed by atoms with E-state index in [1.54, 1.807) is 0 Å². The van der Waals surface area contributed by atoms with Crippen LogP contribution in [0.2, 0.25) is 0 Å². The van der Waals surface area contributed by atoms with Crippen LogP contribution >= 0.6 is 0 Å². The van der Waals surface area contributed by atoms with Gasteiger partial charge in [-0.1, -0.05) is 30.3 Å². The van der Waals surface area contributed by atoms with Crippen LogP contribution in [-0.2, 0) is 0 Å². The van der Waals surface area contributed by atoms with Crippen LogP contribution < -0.4 is 10.6 Å². The van der Waals surface area contributed by atoms with Crippen LogP contribution in [0.25, 0.3) is 0 Å². The summed E-state index contributed by atoms with van der Waals surface area (Å²) in [6, 6.07) is 10.1. The van der Waals surface area contributed by atoms with E-state index in [-0.39, 0.29) is 12.5 Å². The van der Waals surface area contributed by atoms with Crippen molar-refractivity contribution in [3.05, 3.63) is 35.9 Å². The maximum absolute atomic E-state index is 9.66. The van der Waals surface area contributed by atoms with Crippen molar-refractivity contribution in [1.29, 1.82) is 0 Å². The van der Waals surface area contributed by atoms with E-state index in [0.29, 0.717) is 6.54 Å². The van der Waals surface area contributed by atoms with Crippen LogP contribution in [0, 0.1) is 0 Å². The molecule has 1 heterocycles. The number of rotatable bonds is 10. The molecule has 1 fully saturated rings. The predicted molar refractivity (Wildman–Crippen MR) is 105 cm³/mol. The highest BCUT2D eigenvalue weighted by molar-refractivity contribution is 5.79. The molecular formula is C20H34N4O. The van der Waals surface area contributed by atoms with Gasteiger partial charge in [0, 0.05) is 19.0 Å². The Hall–Kier alpha value is -1.59. The second kappa shape index (κ2) is 11.9. The topological polar surface area (TPSA) is 59.9 Å². The minimum Gasteiger partial charge on any atom is -0.396 e. The monoisotopic (exact) mass is 346 g/mol. The average molecular weight is 347 g/mol. The zero-order valence-corrected chi connectivity index (χ0v) is 15.6. The first-order valence-corrected chi connectivity index (χ1v) is 9.73. The Kier molecular flexibility index (Phi) is 9.37. The van der Waals surface area contributed by atoms with Crippen LogP contribution in [0.4, 0.5) is 0 Å². The summed E-state index contributed by atoms with van der Waals surface area (Å²) < 4.78 is 0. The molecule has 0 radical (unpaired) electrons. The highest BCUT2D eigenvalue weighted by Crippen LogP contribution is 2.14. The van der Waals surface area contributed by atoms with Crippen molar-refractivity contribution < 1.29 is 5.11 Å². The van der Waals surface area contributed by atoms with Gasteiger partial charge in [-0.15, -0.1) is 0 Å². The van der Waals surface area contributed by atoms with Gasteiger partial charge in [0.05, 0.1) is 13.2 Å². The molecule has 140 valence electrons. The Balaban J connectivity index is 1.72. The van der Waals surface area contributed by atoms with Gasteiger partial charge >= 0.3 is 0 Å². The molecule has 3 N–H and O–H groups in total. The summed E-state index contributed by atoms with van der Waals surface area (Å²) in [5, 5.41) is 16.4. The van der Waals surface area contributed by atoms with Gasteiger partial charge in [0.15, 0.2) is 5.96 Å². The van der Waals surface area contributed by atoms with Gasteiger partial charge in [0.1, 0.15) is 0 Å². The minimum absolute atomic E-state index is 0.0480. The lowest BCUT2D eigenvalue weighted by Gasteiger charge is -2.16. The third kappa shape index (κ3) is 7.45. The molecule has 0 saturated carbocycles. The van der Waals surface area contributed by atoms with E-state index in [1.165, 1.54) is 38.9 Å². The number of benzene rings is 1. The lowest BCUT2D eigenvalue weighted by Crippen LogP contribution is -2.38. The molecule has 25 heavy (non-hydrogen) atoms. The fraction of sp³-hybridized carbons (Fsp3) is 0.650. The van der Waals surface area contributed by atoms with Gasteiger partial charge in [0.25, 0.3) is 0 Å². The zero-order chi connectivity index (χ0) is 17.7. The van der Waals surface area contributed by atoms with Crippen molar-refractivity contribution in [1.82, 2.24) is 15.5 Å². The van der Waals surface area contributed by atoms with E-state index in [4.69, 9.17) is 0 Å². The van der Waals surface area contributed by atoms with E-state index in [1.807, 2.05) is 18.2 Å². The second-order valence-electron chi connectivity index (χ2n) is 6.69. The van der Waals surface area contributed by atoms with E-state index in [9.17, 15) is 5.11 Å². The predicted octanol–water partition coefficient (Wildman–Crippen LogP) is 2.19. The van der Waals surface area contributed by atoms with E-state index >= 15 is 0 Å². The molecular weight excluding hydrogens is 312 g/mol. The summed E-state index contributed by atoms with van der Waals surface area (Å²) >= 11 is 0. The molecule has 1 aromatic rings. The van der Waals surface area contributed by atoms with Crippen molar-refractivity contribution in [2.45, 2.75) is 38.5 Å². The van der Waals surface area contributed by atoms with Crippen molar-refractivity contribution in [3.8, 4) is 0 Å². The summed E-state index contributed by atoms with van der Waals surface area (Å²) in [5.74, 6) is 0.893. The summed E-state index contributed by atoms with van der Waals surface area (Å²) in [7, 11) is 0. The summed E-state index contributed by atoms with van der Waals surface area (Å²) in [6.45, 7) is 8.33. The number of hydrogen-bond donors (Lipinski definition) is 3.